The Morgan fingerprint density at radius 1 is 1.35 bits per heavy atom. The molecule has 1 aliphatic carbocycles. The molecule has 1 atom stereocenters. The molecule has 1 saturated carbocycles. The van der Waals surface area contributed by atoms with Crippen LogP contribution >= 0.6 is 0 Å². The molecule has 0 bridgehead atoms. The summed E-state index contributed by atoms with van der Waals surface area (Å²) in [6.07, 6.45) is 2.50. The Morgan fingerprint density at radius 3 is 2.52 bits per heavy atom. The molecule has 23 heavy (non-hydrogen) atoms. The highest BCUT2D eigenvalue weighted by Crippen LogP contribution is 2.32. The summed E-state index contributed by atoms with van der Waals surface area (Å²) in [7, 11) is 0. The Morgan fingerprint density at radius 2 is 2.00 bits per heavy atom. The fraction of sp³-hybridized carbons (Fsp3) is 0.611. The van der Waals surface area contributed by atoms with Crippen molar-refractivity contribution in [3.8, 4) is 0 Å². The van der Waals surface area contributed by atoms with Gasteiger partial charge in [0.1, 0.15) is 11.4 Å². The van der Waals surface area contributed by atoms with Crippen LogP contribution in [0.25, 0.3) is 0 Å². The Bertz CT molecular complexity index is 550. The van der Waals surface area contributed by atoms with Crippen molar-refractivity contribution in [1.29, 1.82) is 0 Å². The lowest BCUT2D eigenvalue weighted by molar-refractivity contribution is 0.0379. The van der Waals surface area contributed by atoms with E-state index in [1.165, 1.54) is 6.07 Å². The third-order valence-electron chi connectivity index (χ3n) is 4.20. The monoisotopic (exact) mass is 322 g/mol. The van der Waals surface area contributed by atoms with Gasteiger partial charge in [0.05, 0.1) is 5.54 Å². The molecular weight excluding hydrogens is 295 g/mol. The Balaban J connectivity index is 1.92. The van der Waals surface area contributed by atoms with Gasteiger partial charge in [-0.1, -0.05) is 18.2 Å². The highest BCUT2D eigenvalue weighted by molar-refractivity contribution is 5.69. The number of carbonyl (C=O) groups is 1. The smallest absolute Gasteiger partial charge is 0.408 e. The van der Waals surface area contributed by atoms with Crippen LogP contribution in [-0.2, 0) is 4.74 Å². The van der Waals surface area contributed by atoms with Crippen LogP contribution in [0.15, 0.2) is 24.3 Å². The van der Waals surface area contributed by atoms with E-state index in [1.54, 1.807) is 12.1 Å². The second-order valence-electron chi connectivity index (χ2n) is 7.38. The summed E-state index contributed by atoms with van der Waals surface area (Å²) in [5, 5.41) is 6.33. The van der Waals surface area contributed by atoms with Crippen LogP contribution in [0.4, 0.5) is 9.18 Å². The molecule has 0 radical (unpaired) electrons. The molecule has 1 aromatic carbocycles. The maximum absolute atomic E-state index is 13.8. The zero-order valence-electron chi connectivity index (χ0n) is 14.4. The number of ether oxygens (including phenoxy) is 1. The van der Waals surface area contributed by atoms with Gasteiger partial charge < -0.3 is 15.4 Å². The summed E-state index contributed by atoms with van der Waals surface area (Å²) >= 11 is 0. The maximum Gasteiger partial charge on any atom is 0.408 e. The largest absolute Gasteiger partial charge is 0.444 e. The van der Waals surface area contributed by atoms with Gasteiger partial charge in [0, 0.05) is 18.2 Å². The second kappa shape index (κ2) is 6.87. The molecule has 5 heteroatoms. The van der Waals surface area contributed by atoms with Gasteiger partial charge >= 0.3 is 6.09 Å². The second-order valence-corrected chi connectivity index (χ2v) is 7.38. The van der Waals surface area contributed by atoms with E-state index in [0.717, 1.165) is 19.3 Å². The third-order valence-corrected chi connectivity index (χ3v) is 4.20. The number of nitrogens with one attached hydrogen (secondary N) is 2. The van der Waals surface area contributed by atoms with E-state index in [2.05, 4.69) is 10.6 Å². The number of amides is 1. The molecule has 0 saturated heterocycles. The van der Waals surface area contributed by atoms with E-state index in [-0.39, 0.29) is 17.4 Å². The highest BCUT2D eigenvalue weighted by Gasteiger charge is 2.39. The van der Waals surface area contributed by atoms with E-state index in [4.69, 9.17) is 4.74 Å². The molecule has 0 aliphatic heterocycles. The quantitative estimate of drug-likeness (QED) is 0.864. The van der Waals surface area contributed by atoms with Crippen LogP contribution in [0, 0.1) is 5.82 Å². The Labute approximate surface area is 137 Å². The van der Waals surface area contributed by atoms with Crippen LogP contribution in [-0.4, -0.2) is 23.8 Å². The number of carbonyl (C=O) groups excluding carboxylic acids is 1. The third kappa shape index (κ3) is 4.93. The van der Waals surface area contributed by atoms with Crippen LogP contribution in [0.3, 0.4) is 0 Å². The molecule has 2 N–H and O–H groups in total. The molecule has 2 rings (SSSR count). The number of hydrogen-bond acceptors (Lipinski definition) is 3. The first-order valence-corrected chi connectivity index (χ1v) is 8.20. The van der Waals surface area contributed by atoms with Crippen molar-refractivity contribution >= 4 is 6.09 Å². The molecule has 0 spiro atoms. The van der Waals surface area contributed by atoms with Gasteiger partial charge in [0.25, 0.3) is 0 Å². The molecular formula is C18H27FN2O2. The number of hydrogen-bond donors (Lipinski definition) is 2. The van der Waals surface area contributed by atoms with Crippen molar-refractivity contribution in [2.24, 2.45) is 0 Å². The van der Waals surface area contributed by atoms with Crippen molar-refractivity contribution in [3.05, 3.63) is 35.6 Å². The van der Waals surface area contributed by atoms with Crippen molar-refractivity contribution in [2.75, 3.05) is 6.54 Å². The van der Waals surface area contributed by atoms with Gasteiger partial charge in [-0.2, -0.15) is 0 Å². The van der Waals surface area contributed by atoms with Gasteiger partial charge in [-0.3, -0.25) is 0 Å². The van der Waals surface area contributed by atoms with Gasteiger partial charge in [-0.05, 0) is 53.0 Å². The van der Waals surface area contributed by atoms with Gasteiger partial charge in [0.2, 0.25) is 0 Å². The van der Waals surface area contributed by atoms with Crippen molar-refractivity contribution in [1.82, 2.24) is 10.6 Å². The number of alkyl carbamates (subject to hydrolysis) is 1. The molecule has 1 aromatic rings. The lowest BCUT2D eigenvalue weighted by Crippen LogP contribution is -2.60. The number of rotatable bonds is 5. The van der Waals surface area contributed by atoms with Gasteiger partial charge in [-0.25, -0.2) is 9.18 Å². The van der Waals surface area contributed by atoms with E-state index >= 15 is 0 Å². The average molecular weight is 322 g/mol. The first kappa shape index (κ1) is 17.7. The van der Waals surface area contributed by atoms with E-state index < -0.39 is 11.7 Å². The molecule has 0 heterocycles. The van der Waals surface area contributed by atoms with E-state index in [9.17, 15) is 9.18 Å². The minimum absolute atomic E-state index is 0.117. The normalized spacial score (nSPS) is 18.0. The Hall–Kier alpha value is -1.62. The molecule has 1 fully saturated rings. The molecule has 1 unspecified atom stereocenters. The average Bonchev–Trinajstić information content (AvgIpc) is 2.39. The summed E-state index contributed by atoms with van der Waals surface area (Å²) in [5.41, 5.74) is -0.163. The molecule has 0 aromatic heterocycles. The SMILES string of the molecule is CC(NCC1(NC(=O)OC(C)(C)C)CCC1)c1ccccc1F. The topological polar surface area (TPSA) is 50.4 Å². The minimum atomic E-state index is -0.511. The first-order chi connectivity index (χ1) is 10.7. The van der Waals surface area contributed by atoms with Crippen LogP contribution < -0.4 is 10.6 Å². The molecule has 1 aliphatic rings. The van der Waals surface area contributed by atoms with Gasteiger partial charge in [0.15, 0.2) is 0 Å². The first-order valence-electron chi connectivity index (χ1n) is 8.20. The maximum atomic E-state index is 13.8. The fourth-order valence-corrected chi connectivity index (χ4v) is 2.75. The van der Waals surface area contributed by atoms with Gasteiger partial charge in [-0.15, -0.1) is 0 Å². The van der Waals surface area contributed by atoms with Crippen LogP contribution in [0.1, 0.15) is 58.6 Å². The van der Waals surface area contributed by atoms with Crippen molar-refractivity contribution < 1.29 is 13.9 Å². The molecule has 4 nitrogen and oxygen atoms in total. The summed E-state index contributed by atoms with van der Waals surface area (Å²) < 4.78 is 19.2. The highest BCUT2D eigenvalue weighted by atomic mass is 19.1. The van der Waals surface area contributed by atoms with E-state index in [0.29, 0.717) is 12.1 Å². The Kier molecular flexibility index (Phi) is 5.30. The van der Waals surface area contributed by atoms with Crippen LogP contribution in [0.5, 0.6) is 0 Å². The number of halogens is 1. The minimum Gasteiger partial charge on any atom is -0.444 e. The summed E-state index contributed by atoms with van der Waals surface area (Å²) in [6, 6.07) is 6.64. The van der Waals surface area contributed by atoms with E-state index in [1.807, 2.05) is 33.8 Å². The summed E-state index contributed by atoms with van der Waals surface area (Å²) in [5.74, 6) is -0.213. The fourth-order valence-electron chi connectivity index (χ4n) is 2.75. The number of benzene rings is 1. The standard InChI is InChI=1S/C18H27FN2O2/c1-13(14-8-5-6-9-15(14)19)20-12-18(10-7-11-18)21-16(22)23-17(2,3)4/h5-6,8-9,13,20H,7,10-12H2,1-4H3,(H,21,22). The summed E-state index contributed by atoms with van der Waals surface area (Å²) in [4.78, 5) is 12.0. The molecule has 128 valence electrons. The molecule has 1 amide bonds. The van der Waals surface area contributed by atoms with Crippen LogP contribution in [0.2, 0.25) is 0 Å². The zero-order chi connectivity index (χ0) is 17.1. The lowest BCUT2D eigenvalue weighted by Gasteiger charge is -2.43. The van der Waals surface area contributed by atoms with Crippen molar-refractivity contribution in [3.63, 3.8) is 0 Å². The van der Waals surface area contributed by atoms with Crippen molar-refractivity contribution in [2.45, 2.75) is 64.1 Å². The predicted octanol–water partition coefficient (Wildman–Crippen LogP) is 3.92. The zero-order valence-corrected chi connectivity index (χ0v) is 14.4. The predicted molar refractivity (Wildman–Crippen MR) is 88.8 cm³/mol. The lowest BCUT2D eigenvalue weighted by atomic mass is 9.76. The summed E-state index contributed by atoms with van der Waals surface area (Å²) in [6.45, 7) is 8.07.